The molecule has 2 aliphatic rings. The molecule has 26 heavy (non-hydrogen) atoms. The molecule has 2 heterocycles. The van der Waals surface area contributed by atoms with E-state index >= 15 is 0 Å². The molecule has 0 aliphatic carbocycles. The topological polar surface area (TPSA) is 23.6 Å². The Labute approximate surface area is 156 Å². The number of fused-ring (bicyclic) bond motifs is 1. The van der Waals surface area contributed by atoms with E-state index in [0.717, 1.165) is 44.6 Å². The Morgan fingerprint density at radius 2 is 1.54 bits per heavy atom. The van der Waals surface area contributed by atoms with E-state index < -0.39 is 0 Å². The molecule has 3 heteroatoms. The average Bonchev–Trinajstić information content (AvgIpc) is 2.98. The Kier molecular flexibility index (Phi) is 5.24. The first-order valence-corrected chi connectivity index (χ1v) is 10.0. The van der Waals surface area contributed by atoms with E-state index in [4.69, 9.17) is 0 Å². The Balaban J connectivity index is 1.44. The van der Waals surface area contributed by atoms with Crippen LogP contribution in [0, 0.1) is 0 Å². The molecule has 2 aliphatic heterocycles. The number of benzene rings is 2. The molecule has 0 aromatic heterocycles. The molecule has 3 nitrogen and oxygen atoms in total. The van der Waals surface area contributed by atoms with Gasteiger partial charge in [0.05, 0.1) is 0 Å². The van der Waals surface area contributed by atoms with Crippen molar-refractivity contribution in [1.82, 2.24) is 4.90 Å². The van der Waals surface area contributed by atoms with Crippen LogP contribution in [0.4, 0.5) is 5.69 Å². The van der Waals surface area contributed by atoms with Crippen molar-refractivity contribution in [2.24, 2.45) is 0 Å². The molecular weight excluding hydrogens is 320 g/mol. The van der Waals surface area contributed by atoms with Gasteiger partial charge in [-0.15, -0.1) is 0 Å². The van der Waals surface area contributed by atoms with Gasteiger partial charge in [0.25, 0.3) is 5.91 Å². The third-order valence-corrected chi connectivity index (χ3v) is 5.67. The van der Waals surface area contributed by atoms with Crippen molar-refractivity contribution < 1.29 is 4.79 Å². The molecule has 0 bridgehead atoms. The van der Waals surface area contributed by atoms with Gasteiger partial charge >= 0.3 is 0 Å². The summed E-state index contributed by atoms with van der Waals surface area (Å²) in [7, 11) is 0. The van der Waals surface area contributed by atoms with Crippen LogP contribution in [0.3, 0.4) is 0 Å². The lowest BCUT2D eigenvalue weighted by atomic mass is 10.0. The van der Waals surface area contributed by atoms with Gasteiger partial charge in [0.2, 0.25) is 0 Å². The largest absolute Gasteiger partial charge is 0.367 e. The van der Waals surface area contributed by atoms with Crippen LogP contribution in [-0.4, -0.2) is 30.4 Å². The number of likely N-dealkylation sites (tertiary alicyclic amines) is 1. The quantitative estimate of drug-likeness (QED) is 0.806. The lowest BCUT2D eigenvalue weighted by Crippen LogP contribution is -2.32. The van der Waals surface area contributed by atoms with Gasteiger partial charge in [-0.1, -0.05) is 43.2 Å². The summed E-state index contributed by atoms with van der Waals surface area (Å²) in [6.07, 6.45) is 7.16. The molecule has 1 saturated heterocycles. The second-order valence-corrected chi connectivity index (χ2v) is 7.56. The first-order chi connectivity index (χ1) is 12.8. The van der Waals surface area contributed by atoms with Gasteiger partial charge in [-0.3, -0.25) is 4.79 Å². The maximum Gasteiger partial charge on any atom is 0.253 e. The van der Waals surface area contributed by atoms with Crippen LogP contribution in [0.1, 0.15) is 53.6 Å². The number of rotatable bonds is 3. The highest BCUT2D eigenvalue weighted by molar-refractivity contribution is 5.94. The first-order valence-electron chi connectivity index (χ1n) is 10.0. The Bertz CT molecular complexity index is 745. The number of hydrogen-bond donors (Lipinski definition) is 0. The smallest absolute Gasteiger partial charge is 0.253 e. The highest BCUT2D eigenvalue weighted by Gasteiger charge is 2.18. The minimum absolute atomic E-state index is 0.196. The van der Waals surface area contributed by atoms with Crippen LogP contribution in [0.2, 0.25) is 0 Å². The number of carbonyl (C=O) groups excluding carboxylic acids is 1. The number of aryl methyl sites for hydroxylation is 1. The fourth-order valence-corrected chi connectivity index (χ4v) is 4.21. The zero-order chi connectivity index (χ0) is 17.8. The molecule has 1 amide bonds. The minimum Gasteiger partial charge on any atom is -0.367 e. The Hall–Kier alpha value is -2.29. The van der Waals surface area contributed by atoms with Crippen LogP contribution in [0.15, 0.2) is 48.5 Å². The van der Waals surface area contributed by atoms with Crippen LogP contribution >= 0.6 is 0 Å². The highest BCUT2D eigenvalue weighted by atomic mass is 16.2. The van der Waals surface area contributed by atoms with Gasteiger partial charge in [-0.05, 0) is 55.0 Å². The van der Waals surface area contributed by atoms with Gasteiger partial charge in [0.1, 0.15) is 0 Å². The van der Waals surface area contributed by atoms with Crippen LogP contribution < -0.4 is 4.90 Å². The van der Waals surface area contributed by atoms with Gasteiger partial charge < -0.3 is 9.80 Å². The van der Waals surface area contributed by atoms with Crippen LogP contribution in [0.5, 0.6) is 0 Å². The zero-order valence-electron chi connectivity index (χ0n) is 15.5. The van der Waals surface area contributed by atoms with Gasteiger partial charge in [0.15, 0.2) is 0 Å². The number of carbonyl (C=O) groups is 1. The monoisotopic (exact) mass is 348 g/mol. The molecule has 136 valence electrons. The van der Waals surface area contributed by atoms with Gasteiger partial charge in [0, 0.05) is 37.4 Å². The number of amides is 1. The van der Waals surface area contributed by atoms with Crippen LogP contribution in [0.25, 0.3) is 0 Å². The van der Waals surface area contributed by atoms with Crippen molar-refractivity contribution in [3.63, 3.8) is 0 Å². The predicted octanol–water partition coefficient (Wildman–Crippen LogP) is 4.66. The van der Waals surface area contributed by atoms with Crippen molar-refractivity contribution in [2.45, 2.75) is 45.1 Å². The van der Waals surface area contributed by atoms with E-state index in [1.807, 2.05) is 17.0 Å². The maximum atomic E-state index is 12.7. The molecule has 0 spiro atoms. The Morgan fingerprint density at radius 3 is 2.31 bits per heavy atom. The van der Waals surface area contributed by atoms with Gasteiger partial charge in [-0.25, -0.2) is 0 Å². The fourth-order valence-electron chi connectivity index (χ4n) is 4.21. The molecule has 2 aromatic rings. The summed E-state index contributed by atoms with van der Waals surface area (Å²) in [4.78, 5) is 17.2. The third-order valence-electron chi connectivity index (χ3n) is 5.67. The maximum absolute atomic E-state index is 12.7. The third kappa shape index (κ3) is 3.77. The number of hydrogen-bond acceptors (Lipinski definition) is 2. The summed E-state index contributed by atoms with van der Waals surface area (Å²) in [6, 6.07) is 17.0. The lowest BCUT2D eigenvalue weighted by Gasteiger charge is -2.31. The summed E-state index contributed by atoms with van der Waals surface area (Å²) in [5, 5.41) is 0. The van der Waals surface area contributed by atoms with Crippen molar-refractivity contribution in [2.75, 3.05) is 24.5 Å². The first kappa shape index (κ1) is 17.1. The van der Waals surface area contributed by atoms with E-state index in [9.17, 15) is 4.79 Å². The molecule has 0 unspecified atom stereocenters. The molecular formula is C23H28N2O. The summed E-state index contributed by atoms with van der Waals surface area (Å²) in [5.41, 5.74) is 4.92. The van der Waals surface area contributed by atoms with Crippen molar-refractivity contribution in [3.8, 4) is 0 Å². The van der Waals surface area contributed by atoms with E-state index in [0.29, 0.717) is 0 Å². The number of anilines is 1. The average molecular weight is 348 g/mol. The lowest BCUT2D eigenvalue weighted by molar-refractivity contribution is 0.0761. The molecule has 1 fully saturated rings. The minimum atomic E-state index is 0.196. The highest BCUT2D eigenvalue weighted by Crippen LogP contribution is 2.28. The molecule has 0 atom stereocenters. The van der Waals surface area contributed by atoms with E-state index in [1.165, 1.54) is 42.5 Å². The van der Waals surface area contributed by atoms with E-state index in [-0.39, 0.29) is 5.91 Å². The fraction of sp³-hybridized carbons (Fsp3) is 0.435. The zero-order valence-corrected chi connectivity index (χ0v) is 15.5. The number of nitrogens with zero attached hydrogens (tertiary/aromatic N) is 2. The second kappa shape index (κ2) is 7.94. The van der Waals surface area contributed by atoms with Gasteiger partial charge in [-0.2, -0.15) is 0 Å². The van der Waals surface area contributed by atoms with Crippen LogP contribution in [-0.2, 0) is 13.0 Å². The summed E-state index contributed by atoms with van der Waals surface area (Å²) >= 11 is 0. The molecule has 2 aromatic carbocycles. The second-order valence-electron chi connectivity index (χ2n) is 7.56. The van der Waals surface area contributed by atoms with E-state index in [2.05, 4.69) is 41.3 Å². The van der Waals surface area contributed by atoms with Crippen molar-refractivity contribution in [1.29, 1.82) is 0 Å². The summed E-state index contributed by atoms with van der Waals surface area (Å²) < 4.78 is 0. The van der Waals surface area contributed by atoms with Crippen molar-refractivity contribution in [3.05, 3.63) is 65.2 Å². The normalized spacial score (nSPS) is 17.5. The summed E-state index contributed by atoms with van der Waals surface area (Å²) in [5.74, 6) is 0.196. The van der Waals surface area contributed by atoms with E-state index in [1.54, 1.807) is 0 Å². The number of para-hydroxylation sites is 1. The Morgan fingerprint density at radius 1 is 0.808 bits per heavy atom. The van der Waals surface area contributed by atoms with Crippen molar-refractivity contribution >= 4 is 11.6 Å². The molecule has 0 saturated carbocycles. The molecule has 4 rings (SSSR count). The SMILES string of the molecule is O=C(c1ccc(CN2CCCc3ccccc32)cc1)N1CCCCCC1. The predicted molar refractivity (Wildman–Crippen MR) is 107 cm³/mol. The summed E-state index contributed by atoms with van der Waals surface area (Å²) in [6.45, 7) is 3.83. The standard InChI is InChI=1S/C23H28N2O/c26-23(24-15-5-1-2-6-16-24)21-13-11-19(12-14-21)18-25-17-7-9-20-8-3-4-10-22(20)25/h3-4,8,10-14H,1-2,5-7,9,15-18H2. The molecule has 0 radical (unpaired) electrons. The molecule has 0 N–H and O–H groups in total.